The van der Waals surface area contributed by atoms with E-state index in [0.29, 0.717) is 0 Å². The molecule has 1 saturated carbocycles. The molecule has 0 spiro atoms. The van der Waals surface area contributed by atoms with Crippen molar-refractivity contribution in [2.45, 2.75) is 44.8 Å². The minimum atomic E-state index is -0.935. The van der Waals surface area contributed by atoms with Crippen LogP contribution in [0.5, 0.6) is 0 Å². The smallest absolute Gasteiger partial charge is 0.330 e. The predicted molar refractivity (Wildman–Crippen MR) is 52.9 cm³/mol. The number of hydrogen-bond acceptors (Lipinski definition) is 3. The van der Waals surface area contributed by atoms with Gasteiger partial charge in [-0.1, -0.05) is 6.58 Å². The zero-order chi connectivity index (χ0) is 11.1. The number of aliphatic carboxylic acids is 1. The first-order valence-corrected chi connectivity index (χ1v) is 4.68. The number of hydrogen-bond donors (Lipinski definition) is 3. The Balaban J connectivity index is 0.000000255. The van der Waals surface area contributed by atoms with Gasteiger partial charge in [-0.15, -0.1) is 0 Å². The Kier molecular flexibility index (Phi) is 6.16. The van der Waals surface area contributed by atoms with Crippen LogP contribution in [0.1, 0.15) is 32.6 Å². The Morgan fingerprint density at radius 3 is 1.50 bits per heavy atom. The van der Waals surface area contributed by atoms with Crippen molar-refractivity contribution in [1.82, 2.24) is 0 Å². The largest absolute Gasteiger partial charge is 0.478 e. The van der Waals surface area contributed by atoms with Gasteiger partial charge in [-0.05, 0) is 32.6 Å². The molecule has 0 aromatic carbocycles. The van der Waals surface area contributed by atoms with E-state index in [9.17, 15) is 4.79 Å². The highest BCUT2D eigenvalue weighted by Crippen LogP contribution is 2.17. The Labute approximate surface area is 83.9 Å². The number of aliphatic hydroxyl groups is 2. The van der Waals surface area contributed by atoms with E-state index >= 15 is 0 Å². The minimum absolute atomic E-state index is 0.140. The second kappa shape index (κ2) is 6.56. The van der Waals surface area contributed by atoms with Gasteiger partial charge in [0.05, 0.1) is 12.2 Å². The van der Waals surface area contributed by atoms with Crippen LogP contribution < -0.4 is 0 Å². The van der Waals surface area contributed by atoms with Crippen LogP contribution in [0.3, 0.4) is 0 Å². The molecule has 82 valence electrons. The Hall–Kier alpha value is -0.870. The molecule has 0 saturated heterocycles. The van der Waals surface area contributed by atoms with Gasteiger partial charge in [0.15, 0.2) is 0 Å². The first-order valence-electron chi connectivity index (χ1n) is 4.68. The van der Waals surface area contributed by atoms with E-state index in [4.69, 9.17) is 15.3 Å². The lowest BCUT2D eigenvalue weighted by atomic mass is 9.95. The molecular weight excluding hydrogens is 184 g/mol. The summed E-state index contributed by atoms with van der Waals surface area (Å²) in [7, 11) is 0. The van der Waals surface area contributed by atoms with Gasteiger partial charge in [-0.3, -0.25) is 0 Å². The Bertz CT molecular complexity index is 170. The SMILES string of the molecule is C=C(C)C(=O)O.OC1CCC(O)CC1. The number of carboxylic acids is 1. The quantitative estimate of drug-likeness (QED) is 0.553. The fraction of sp³-hybridized carbons (Fsp3) is 0.700. The van der Waals surface area contributed by atoms with Crippen LogP contribution in [-0.4, -0.2) is 33.5 Å². The summed E-state index contributed by atoms with van der Waals surface area (Å²) in [4.78, 5) is 9.60. The average molecular weight is 202 g/mol. The second-order valence-electron chi connectivity index (χ2n) is 3.55. The van der Waals surface area contributed by atoms with Crippen molar-refractivity contribution in [2.24, 2.45) is 0 Å². The lowest BCUT2D eigenvalue weighted by Crippen LogP contribution is -2.21. The highest BCUT2D eigenvalue weighted by atomic mass is 16.4. The normalized spacial score (nSPS) is 25.9. The first kappa shape index (κ1) is 13.1. The molecule has 1 aliphatic carbocycles. The zero-order valence-corrected chi connectivity index (χ0v) is 8.44. The van der Waals surface area contributed by atoms with Crippen molar-refractivity contribution < 1.29 is 20.1 Å². The lowest BCUT2D eigenvalue weighted by Gasteiger charge is -2.20. The molecule has 0 aliphatic heterocycles. The molecule has 0 aromatic rings. The van der Waals surface area contributed by atoms with Crippen molar-refractivity contribution >= 4 is 5.97 Å². The summed E-state index contributed by atoms with van der Waals surface area (Å²) in [5, 5.41) is 25.7. The van der Waals surface area contributed by atoms with E-state index in [-0.39, 0.29) is 17.8 Å². The van der Waals surface area contributed by atoms with Crippen LogP contribution in [-0.2, 0) is 4.79 Å². The van der Waals surface area contributed by atoms with Crippen LogP contribution in [0.2, 0.25) is 0 Å². The minimum Gasteiger partial charge on any atom is -0.478 e. The Morgan fingerprint density at radius 2 is 1.36 bits per heavy atom. The van der Waals surface area contributed by atoms with Gasteiger partial charge >= 0.3 is 5.97 Å². The third-order valence-corrected chi connectivity index (χ3v) is 2.03. The molecule has 0 atom stereocenters. The third-order valence-electron chi connectivity index (χ3n) is 2.03. The van der Waals surface area contributed by atoms with Crippen molar-refractivity contribution in [3.8, 4) is 0 Å². The molecule has 0 radical (unpaired) electrons. The maximum atomic E-state index is 9.60. The van der Waals surface area contributed by atoms with Gasteiger partial charge in [-0.25, -0.2) is 4.79 Å². The highest BCUT2D eigenvalue weighted by molar-refractivity contribution is 5.84. The van der Waals surface area contributed by atoms with Gasteiger partial charge in [0, 0.05) is 5.57 Å². The molecule has 1 fully saturated rings. The number of rotatable bonds is 1. The second-order valence-corrected chi connectivity index (χ2v) is 3.55. The van der Waals surface area contributed by atoms with Crippen molar-refractivity contribution in [3.05, 3.63) is 12.2 Å². The number of carbonyl (C=O) groups is 1. The molecule has 1 aliphatic rings. The molecule has 0 heterocycles. The molecule has 1 rings (SSSR count). The monoisotopic (exact) mass is 202 g/mol. The van der Waals surface area contributed by atoms with Gasteiger partial charge in [0.25, 0.3) is 0 Å². The third kappa shape index (κ3) is 6.62. The number of carboxylic acid groups (broad SMARTS) is 1. The molecule has 0 bridgehead atoms. The van der Waals surface area contributed by atoms with E-state index in [0.717, 1.165) is 25.7 Å². The van der Waals surface area contributed by atoms with Gasteiger partial charge in [0.1, 0.15) is 0 Å². The topological polar surface area (TPSA) is 77.8 Å². The van der Waals surface area contributed by atoms with E-state index < -0.39 is 5.97 Å². The average Bonchev–Trinajstić information content (AvgIpc) is 2.11. The number of aliphatic hydroxyl groups excluding tert-OH is 2. The standard InChI is InChI=1S/C6H12O2.C4H6O2/c7-5-1-2-6(8)4-3-5;1-3(2)4(5)6/h5-8H,1-4H2;1H2,2H3,(H,5,6). The van der Waals surface area contributed by atoms with E-state index in [1.54, 1.807) is 0 Å². The summed E-state index contributed by atoms with van der Waals surface area (Å²) >= 11 is 0. The van der Waals surface area contributed by atoms with Gasteiger partial charge in [0.2, 0.25) is 0 Å². The molecule has 0 amide bonds. The molecule has 0 unspecified atom stereocenters. The molecular formula is C10H18O4. The highest BCUT2D eigenvalue weighted by Gasteiger charge is 2.15. The van der Waals surface area contributed by atoms with Crippen molar-refractivity contribution in [3.63, 3.8) is 0 Å². The summed E-state index contributed by atoms with van der Waals surface area (Å²) < 4.78 is 0. The van der Waals surface area contributed by atoms with Crippen LogP contribution in [0.25, 0.3) is 0 Å². The molecule has 4 heteroatoms. The van der Waals surface area contributed by atoms with Crippen LogP contribution in [0.4, 0.5) is 0 Å². The molecule has 4 nitrogen and oxygen atoms in total. The molecule has 3 N–H and O–H groups in total. The predicted octanol–water partition coefficient (Wildman–Crippen LogP) is 0.929. The maximum absolute atomic E-state index is 9.60. The van der Waals surface area contributed by atoms with Crippen LogP contribution >= 0.6 is 0 Å². The fourth-order valence-electron chi connectivity index (χ4n) is 1.06. The van der Waals surface area contributed by atoms with E-state index in [2.05, 4.69) is 6.58 Å². The first-order chi connectivity index (χ1) is 6.43. The fourth-order valence-corrected chi connectivity index (χ4v) is 1.06. The van der Waals surface area contributed by atoms with Gasteiger partial charge in [-0.2, -0.15) is 0 Å². The summed E-state index contributed by atoms with van der Waals surface area (Å²) in [6, 6.07) is 0. The zero-order valence-electron chi connectivity index (χ0n) is 8.44. The maximum Gasteiger partial charge on any atom is 0.330 e. The van der Waals surface area contributed by atoms with Crippen LogP contribution in [0.15, 0.2) is 12.2 Å². The summed E-state index contributed by atoms with van der Waals surface area (Å²) in [6.07, 6.45) is 2.83. The van der Waals surface area contributed by atoms with E-state index in [1.165, 1.54) is 6.92 Å². The summed E-state index contributed by atoms with van der Waals surface area (Å²) in [5.74, 6) is -0.935. The van der Waals surface area contributed by atoms with Crippen molar-refractivity contribution in [1.29, 1.82) is 0 Å². The summed E-state index contributed by atoms with van der Waals surface area (Å²) in [6.45, 7) is 4.60. The molecule has 0 aromatic heterocycles. The molecule has 14 heavy (non-hydrogen) atoms. The Morgan fingerprint density at radius 1 is 1.14 bits per heavy atom. The lowest BCUT2D eigenvalue weighted by molar-refractivity contribution is -0.132. The van der Waals surface area contributed by atoms with Gasteiger partial charge < -0.3 is 15.3 Å². The van der Waals surface area contributed by atoms with Crippen LogP contribution in [0, 0.1) is 0 Å². The van der Waals surface area contributed by atoms with E-state index in [1.807, 2.05) is 0 Å². The summed E-state index contributed by atoms with van der Waals surface area (Å²) in [5.41, 5.74) is 0.176. The van der Waals surface area contributed by atoms with Crippen molar-refractivity contribution in [2.75, 3.05) is 0 Å².